The fourth-order valence-electron chi connectivity index (χ4n) is 3.06. The van der Waals surface area contributed by atoms with Crippen LogP contribution >= 0.6 is 0 Å². The van der Waals surface area contributed by atoms with Gasteiger partial charge in [-0.05, 0) is 49.7 Å². The van der Waals surface area contributed by atoms with Crippen LogP contribution in [0.1, 0.15) is 27.3 Å². The third-order valence-electron chi connectivity index (χ3n) is 4.36. The Balaban J connectivity index is 1.82. The summed E-state index contributed by atoms with van der Waals surface area (Å²) >= 11 is 0. The number of para-hydroxylation sites is 1. The largest absolute Gasteiger partial charge is 0.497 e. The second-order valence-corrected chi connectivity index (χ2v) is 6.11. The van der Waals surface area contributed by atoms with E-state index in [0.29, 0.717) is 23.5 Å². The van der Waals surface area contributed by atoms with Crippen LogP contribution in [0.2, 0.25) is 0 Å². The second kappa shape index (κ2) is 7.44. The molecule has 0 fully saturated rings. The van der Waals surface area contributed by atoms with Gasteiger partial charge in [-0.1, -0.05) is 24.3 Å². The molecule has 1 N–H and O–H groups in total. The number of amides is 1. The lowest BCUT2D eigenvalue weighted by Gasteiger charge is -2.11. The molecule has 0 unspecified atom stereocenters. The zero-order chi connectivity index (χ0) is 18.7. The number of aryl methyl sites for hydroxylation is 1. The minimum atomic E-state index is -0.322. The lowest BCUT2D eigenvalue weighted by molar-refractivity contribution is 0.0950. The topological polar surface area (TPSA) is 43.3 Å². The number of methoxy groups -OCH3 is 1. The maximum absolute atomic E-state index is 14.2. The van der Waals surface area contributed by atoms with Crippen molar-refractivity contribution < 1.29 is 13.9 Å². The first-order chi connectivity index (χ1) is 12.5. The number of aromatic nitrogens is 1. The van der Waals surface area contributed by atoms with Crippen LogP contribution in [-0.4, -0.2) is 17.6 Å². The molecule has 1 amide bonds. The van der Waals surface area contributed by atoms with Crippen LogP contribution in [0.3, 0.4) is 0 Å². The molecule has 5 heteroatoms. The quantitative estimate of drug-likeness (QED) is 0.749. The number of benzene rings is 2. The zero-order valence-corrected chi connectivity index (χ0v) is 15.0. The molecule has 26 heavy (non-hydrogen) atoms. The number of ether oxygens (including phenoxy) is 1. The molecular weight excluding hydrogens is 331 g/mol. The number of rotatable bonds is 5. The van der Waals surface area contributed by atoms with E-state index in [1.165, 1.54) is 6.07 Å². The lowest BCUT2D eigenvalue weighted by Crippen LogP contribution is -2.23. The molecule has 0 aliphatic carbocycles. The molecule has 2 aromatic carbocycles. The van der Waals surface area contributed by atoms with Gasteiger partial charge in [-0.2, -0.15) is 0 Å². The number of nitrogens with zero attached hydrogens (tertiary/aromatic N) is 1. The highest BCUT2D eigenvalue weighted by Gasteiger charge is 2.18. The number of nitrogens with one attached hydrogen (secondary N) is 1. The molecule has 1 aromatic heterocycles. The van der Waals surface area contributed by atoms with Gasteiger partial charge in [0.2, 0.25) is 0 Å². The van der Waals surface area contributed by atoms with Crippen molar-refractivity contribution in [2.75, 3.05) is 7.11 Å². The molecule has 134 valence electrons. The first kappa shape index (κ1) is 17.7. The van der Waals surface area contributed by atoms with Crippen LogP contribution in [0, 0.1) is 19.7 Å². The molecule has 0 saturated carbocycles. The summed E-state index contributed by atoms with van der Waals surface area (Å²) < 4.78 is 21.1. The zero-order valence-electron chi connectivity index (χ0n) is 15.0. The number of hydrogen-bond donors (Lipinski definition) is 1. The Morgan fingerprint density at radius 3 is 2.62 bits per heavy atom. The predicted octanol–water partition coefficient (Wildman–Crippen LogP) is 4.17. The molecule has 0 aliphatic heterocycles. The molecule has 0 atom stereocenters. The number of halogens is 1. The van der Waals surface area contributed by atoms with E-state index in [4.69, 9.17) is 4.74 Å². The monoisotopic (exact) mass is 352 g/mol. The standard InChI is InChI=1S/C21H21FN2O2/c1-14-11-18(15(2)24(14)20-10-5-4-9-19(20)22)21(25)23-13-16-7-6-8-17(12-16)26-3/h4-12H,13H2,1-3H3,(H,23,25). The highest BCUT2D eigenvalue weighted by Crippen LogP contribution is 2.23. The van der Waals surface area contributed by atoms with Crippen molar-refractivity contribution in [3.05, 3.63) is 82.9 Å². The van der Waals surface area contributed by atoms with E-state index >= 15 is 0 Å². The molecule has 0 saturated heterocycles. The number of carbonyl (C=O) groups excluding carboxylic acids is 1. The Labute approximate surface area is 152 Å². The normalized spacial score (nSPS) is 10.6. The van der Waals surface area contributed by atoms with Crippen molar-refractivity contribution in [2.24, 2.45) is 0 Å². The molecule has 0 spiro atoms. The third-order valence-corrected chi connectivity index (χ3v) is 4.36. The Kier molecular flexibility index (Phi) is 5.07. The molecule has 1 heterocycles. The summed E-state index contributed by atoms with van der Waals surface area (Å²) in [7, 11) is 1.61. The van der Waals surface area contributed by atoms with Gasteiger partial charge in [-0.15, -0.1) is 0 Å². The van der Waals surface area contributed by atoms with Gasteiger partial charge in [0.1, 0.15) is 11.6 Å². The second-order valence-electron chi connectivity index (χ2n) is 6.11. The molecule has 3 aromatic rings. The minimum absolute atomic E-state index is 0.191. The van der Waals surface area contributed by atoms with Gasteiger partial charge in [-0.25, -0.2) is 4.39 Å². The van der Waals surface area contributed by atoms with E-state index in [2.05, 4.69) is 5.32 Å². The smallest absolute Gasteiger partial charge is 0.253 e. The maximum atomic E-state index is 14.2. The number of hydrogen-bond acceptors (Lipinski definition) is 2. The lowest BCUT2D eigenvalue weighted by atomic mass is 10.2. The molecule has 0 aliphatic rings. The highest BCUT2D eigenvalue weighted by atomic mass is 19.1. The first-order valence-electron chi connectivity index (χ1n) is 8.36. The summed E-state index contributed by atoms with van der Waals surface area (Å²) in [5.41, 5.74) is 3.43. The van der Waals surface area contributed by atoms with E-state index in [9.17, 15) is 9.18 Å². The van der Waals surface area contributed by atoms with Gasteiger partial charge in [0.15, 0.2) is 0 Å². The van der Waals surface area contributed by atoms with Crippen LogP contribution < -0.4 is 10.1 Å². The highest BCUT2D eigenvalue weighted by molar-refractivity contribution is 5.95. The Bertz CT molecular complexity index is 947. The van der Waals surface area contributed by atoms with E-state index in [0.717, 1.165) is 17.0 Å². The third kappa shape index (κ3) is 3.47. The van der Waals surface area contributed by atoms with E-state index < -0.39 is 0 Å². The summed E-state index contributed by atoms with van der Waals surface area (Å²) in [6, 6.07) is 15.9. The minimum Gasteiger partial charge on any atom is -0.497 e. The van der Waals surface area contributed by atoms with Crippen LogP contribution in [0.4, 0.5) is 4.39 Å². The Hall–Kier alpha value is -3.08. The van der Waals surface area contributed by atoms with E-state index in [1.54, 1.807) is 35.9 Å². The van der Waals surface area contributed by atoms with Crippen molar-refractivity contribution >= 4 is 5.91 Å². The van der Waals surface area contributed by atoms with Crippen molar-refractivity contribution in [1.82, 2.24) is 9.88 Å². The van der Waals surface area contributed by atoms with Gasteiger partial charge >= 0.3 is 0 Å². The number of carbonyl (C=O) groups is 1. The average Bonchev–Trinajstić information content (AvgIpc) is 2.95. The first-order valence-corrected chi connectivity index (χ1v) is 8.36. The van der Waals surface area contributed by atoms with Crippen LogP contribution in [0.15, 0.2) is 54.6 Å². The van der Waals surface area contributed by atoms with E-state index in [-0.39, 0.29) is 11.7 Å². The van der Waals surface area contributed by atoms with Crippen LogP contribution in [0.25, 0.3) is 5.69 Å². The van der Waals surface area contributed by atoms with Gasteiger partial charge in [0.05, 0.1) is 18.4 Å². The van der Waals surface area contributed by atoms with E-state index in [1.807, 2.05) is 38.1 Å². The molecule has 0 bridgehead atoms. The predicted molar refractivity (Wildman–Crippen MR) is 99.4 cm³/mol. The Morgan fingerprint density at radius 1 is 1.12 bits per heavy atom. The molecule has 0 radical (unpaired) electrons. The SMILES string of the molecule is COc1cccc(CNC(=O)c2cc(C)n(-c3ccccc3F)c2C)c1. The average molecular weight is 352 g/mol. The van der Waals surface area contributed by atoms with Crippen molar-refractivity contribution in [2.45, 2.75) is 20.4 Å². The van der Waals surface area contributed by atoms with Gasteiger partial charge in [0, 0.05) is 17.9 Å². The Morgan fingerprint density at radius 2 is 1.88 bits per heavy atom. The molecule has 4 nitrogen and oxygen atoms in total. The summed E-state index contributed by atoms with van der Waals surface area (Å²) in [6.45, 7) is 4.07. The summed E-state index contributed by atoms with van der Waals surface area (Å²) in [5.74, 6) is 0.232. The van der Waals surface area contributed by atoms with Gasteiger partial charge in [0.25, 0.3) is 5.91 Å². The van der Waals surface area contributed by atoms with Gasteiger partial charge < -0.3 is 14.6 Å². The maximum Gasteiger partial charge on any atom is 0.253 e. The van der Waals surface area contributed by atoms with Crippen LogP contribution in [-0.2, 0) is 6.54 Å². The fraction of sp³-hybridized carbons (Fsp3) is 0.190. The summed E-state index contributed by atoms with van der Waals surface area (Å²) in [4.78, 5) is 12.6. The van der Waals surface area contributed by atoms with Crippen molar-refractivity contribution in [3.63, 3.8) is 0 Å². The van der Waals surface area contributed by atoms with Gasteiger partial charge in [-0.3, -0.25) is 4.79 Å². The van der Waals surface area contributed by atoms with Crippen molar-refractivity contribution in [3.8, 4) is 11.4 Å². The molecular formula is C21H21FN2O2. The molecule has 3 rings (SSSR count). The summed E-state index contributed by atoms with van der Waals surface area (Å²) in [5, 5.41) is 2.91. The van der Waals surface area contributed by atoms with Crippen LogP contribution in [0.5, 0.6) is 5.75 Å². The fourth-order valence-corrected chi connectivity index (χ4v) is 3.06. The summed E-state index contributed by atoms with van der Waals surface area (Å²) in [6.07, 6.45) is 0. The van der Waals surface area contributed by atoms with Crippen molar-refractivity contribution in [1.29, 1.82) is 0 Å².